The minimum Gasteiger partial charge on any atom is -0.484 e. The molecule has 5 rings (SSSR count). The van der Waals surface area contributed by atoms with Gasteiger partial charge in [-0.2, -0.15) is 0 Å². The average molecular weight is 375 g/mol. The quantitative estimate of drug-likeness (QED) is 0.697. The van der Waals surface area contributed by atoms with Gasteiger partial charge < -0.3 is 14.2 Å². The molecule has 1 amide bonds. The maximum absolute atomic E-state index is 12.6. The van der Waals surface area contributed by atoms with Gasteiger partial charge in [-0.05, 0) is 42.5 Å². The van der Waals surface area contributed by atoms with Crippen LogP contribution in [0.4, 0.5) is 0 Å². The van der Waals surface area contributed by atoms with Crippen LogP contribution < -0.4 is 4.74 Å². The molecule has 2 aromatic heterocycles. The molecule has 1 saturated heterocycles. The summed E-state index contributed by atoms with van der Waals surface area (Å²) in [7, 11) is 0. The molecule has 0 bridgehead atoms. The van der Waals surface area contributed by atoms with Gasteiger partial charge in [0, 0.05) is 30.8 Å². The van der Waals surface area contributed by atoms with Crippen LogP contribution in [0.25, 0.3) is 0 Å². The minimum absolute atomic E-state index is 0.0110. The molecule has 3 heterocycles. The Balaban J connectivity index is 1.37. The topological polar surface area (TPSA) is 68.5 Å². The van der Waals surface area contributed by atoms with E-state index in [1.165, 1.54) is 17.3 Å². The molecule has 6 nitrogen and oxygen atoms in total. The molecular formula is C22H21N3O3. The summed E-state index contributed by atoms with van der Waals surface area (Å²) < 4.78 is 11.3. The number of aromatic nitrogens is 2. The number of fused-ring (bicyclic) bond motifs is 2. The maximum atomic E-state index is 12.6. The highest BCUT2D eigenvalue weighted by molar-refractivity contribution is 5.91. The summed E-state index contributed by atoms with van der Waals surface area (Å²) >= 11 is 0. The van der Waals surface area contributed by atoms with Crippen molar-refractivity contribution in [3.63, 3.8) is 0 Å². The molecule has 1 aliphatic heterocycles. The molecule has 2 aliphatic rings. The van der Waals surface area contributed by atoms with Crippen LogP contribution >= 0.6 is 0 Å². The third kappa shape index (κ3) is 2.85. The second-order valence-corrected chi connectivity index (χ2v) is 7.54. The van der Waals surface area contributed by atoms with E-state index in [4.69, 9.17) is 9.26 Å². The Morgan fingerprint density at radius 1 is 1.11 bits per heavy atom. The zero-order valence-electron chi connectivity index (χ0n) is 15.5. The van der Waals surface area contributed by atoms with Gasteiger partial charge >= 0.3 is 0 Å². The van der Waals surface area contributed by atoms with Crippen LogP contribution in [-0.2, 0) is 5.41 Å². The zero-order chi connectivity index (χ0) is 19.0. The second kappa shape index (κ2) is 6.78. The lowest BCUT2D eigenvalue weighted by molar-refractivity contribution is 0.0600. The van der Waals surface area contributed by atoms with Crippen molar-refractivity contribution in [3.05, 3.63) is 77.9 Å². The van der Waals surface area contributed by atoms with Crippen LogP contribution in [0.3, 0.4) is 0 Å². The standard InChI is InChI=1S/C22H21N3O3/c26-21(19-7-11-24-28-19)25-12-8-22(9-13-25)14-20(17-5-1-2-6-18(17)22)27-16-4-3-10-23-15-16/h1-7,10-11,15,20H,8-9,12-14H2. The molecular weight excluding hydrogens is 354 g/mol. The number of rotatable bonds is 3. The number of carbonyl (C=O) groups excluding carboxylic acids is 1. The molecule has 3 aromatic rings. The molecule has 1 aliphatic carbocycles. The third-order valence-corrected chi connectivity index (χ3v) is 6.02. The Morgan fingerprint density at radius 3 is 2.71 bits per heavy atom. The summed E-state index contributed by atoms with van der Waals surface area (Å²) in [6.45, 7) is 1.40. The maximum Gasteiger partial charge on any atom is 0.292 e. The van der Waals surface area contributed by atoms with Crippen LogP contribution in [0.5, 0.6) is 5.75 Å². The lowest BCUT2D eigenvalue weighted by atomic mass is 9.73. The van der Waals surface area contributed by atoms with Crippen LogP contribution in [0.2, 0.25) is 0 Å². The Hall–Kier alpha value is -3.15. The number of piperidine rings is 1. The van der Waals surface area contributed by atoms with Gasteiger partial charge in [0.15, 0.2) is 0 Å². The molecule has 0 radical (unpaired) electrons. The average Bonchev–Trinajstić information content (AvgIpc) is 3.37. The first-order chi connectivity index (χ1) is 13.8. The number of amides is 1. The SMILES string of the molecule is O=C(c1ccno1)N1CCC2(CC1)CC(Oc1cccnc1)c1ccccc12. The Labute approximate surface area is 163 Å². The summed E-state index contributed by atoms with van der Waals surface area (Å²) in [5.74, 6) is 1.01. The van der Waals surface area contributed by atoms with Gasteiger partial charge in [-0.15, -0.1) is 0 Å². The lowest BCUT2D eigenvalue weighted by Crippen LogP contribution is -2.44. The Kier molecular flexibility index (Phi) is 4.11. The van der Waals surface area contributed by atoms with E-state index in [1.807, 2.05) is 17.0 Å². The number of carbonyl (C=O) groups is 1. The van der Waals surface area contributed by atoms with Gasteiger partial charge in [-0.1, -0.05) is 29.4 Å². The van der Waals surface area contributed by atoms with E-state index in [9.17, 15) is 4.79 Å². The van der Waals surface area contributed by atoms with Crippen LogP contribution in [-0.4, -0.2) is 34.0 Å². The molecule has 0 saturated carbocycles. The van der Waals surface area contributed by atoms with Gasteiger partial charge in [0.1, 0.15) is 11.9 Å². The number of hydrogen-bond donors (Lipinski definition) is 0. The van der Waals surface area contributed by atoms with Crippen molar-refractivity contribution in [1.29, 1.82) is 0 Å². The van der Waals surface area contributed by atoms with Gasteiger partial charge in [0.2, 0.25) is 5.76 Å². The van der Waals surface area contributed by atoms with Crippen molar-refractivity contribution in [1.82, 2.24) is 15.0 Å². The molecule has 1 atom stereocenters. The molecule has 1 spiro atoms. The number of nitrogens with zero attached hydrogens (tertiary/aromatic N) is 3. The summed E-state index contributed by atoms with van der Waals surface area (Å²) in [5.41, 5.74) is 2.65. The fourth-order valence-corrected chi connectivity index (χ4v) is 4.61. The monoisotopic (exact) mass is 375 g/mol. The minimum atomic E-state index is -0.0817. The molecule has 1 unspecified atom stereocenters. The lowest BCUT2D eigenvalue weighted by Gasteiger charge is -2.39. The zero-order valence-corrected chi connectivity index (χ0v) is 15.5. The molecule has 0 N–H and O–H groups in total. The van der Waals surface area contributed by atoms with Crippen molar-refractivity contribution in [3.8, 4) is 5.75 Å². The van der Waals surface area contributed by atoms with E-state index < -0.39 is 0 Å². The fraction of sp³-hybridized carbons (Fsp3) is 0.318. The van der Waals surface area contributed by atoms with Crippen molar-refractivity contribution in [2.24, 2.45) is 0 Å². The number of likely N-dealkylation sites (tertiary alicyclic amines) is 1. The van der Waals surface area contributed by atoms with E-state index in [2.05, 4.69) is 34.4 Å². The van der Waals surface area contributed by atoms with E-state index in [0.29, 0.717) is 18.8 Å². The Morgan fingerprint density at radius 2 is 1.96 bits per heavy atom. The van der Waals surface area contributed by atoms with E-state index >= 15 is 0 Å². The normalized spacial score (nSPS) is 20.1. The molecule has 28 heavy (non-hydrogen) atoms. The summed E-state index contributed by atoms with van der Waals surface area (Å²) in [6.07, 6.45) is 7.77. The first-order valence-electron chi connectivity index (χ1n) is 9.61. The molecule has 6 heteroatoms. The number of pyridine rings is 1. The highest BCUT2D eigenvalue weighted by Crippen LogP contribution is 2.52. The summed E-state index contributed by atoms with van der Waals surface area (Å²) in [4.78, 5) is 18.6. The number of hydrogen-bond acceptors (Lipinski definition) is 5. The van der Waals surface area contributed by atoms with E-state index in [1.54, 1.807) is 18.5 Å². The Bertz CT molecular complexity index is 964. The van der Waals surface area contributed by atoms with Crippen molar-refractivity contribution in [2.45, 2.75) is 30.8 Å². The molecule has 1 aromatic carbocycles. The van der Waals surface area contributed by atoms with E-state index in [-0.39, 0.29) is 17.4 Å². The largest absolute Gasteiger partial charge is 0.484 e. The summed E-state index contributed by atoms with van der Waals surface area (Å²) in [6, 6.07) is 14.0. The first-order valence-corrected chi connectivity index (χ1v) is 9.61. The van der Waals surface area contributed by atoms with Gasteiger partial charge in [-0.3, -0.25) is 9.78 Å². The van der Waals surface area contributed by atoms with Gasteiger partial charge in [-0.25, -0.2) is 0 Å². The predicted octanol–water partition coefficient (Wildman–Crippen LogP) is 3.77. The number of benzene rings is 1. The van der Waals surface area contributed by atoms with Crippen molar-refractivity contribution in [2.75, 3.05) is 13.1 Å². The fourth-order valence-electron chi connectivity index (χ4n) is 4.61. The molecule has 142 valence electrons. The predicted molar refractivity (Wildman–Crippen MR) is 102 cm³/mol. The van der Waals surface area contributed by atoms with Crippen LogP contribution in [0.15, 0.2) is 65.6 Å². The smallest absolute Gasteiger partial charge is 0.292 e. The van der Waals surface area contributed by atoms with Crippen molar-refractivity contribution < 1.29 is 14.1 Å². The van der Waals surface area contributed by atoms with Crippen LogP contribution in [0.1, 0.15) is 47.0 Å². The van der Waals surface area contributed by atoms with Gasteiger partial charge in [0.05, 0.1) is 12.4 Å². The summed E-state index contributed by atoms with van der Waals surface area (Å²) in [5, 5.41) is 3.64. The highest BCUT2D eigenvalue weighted by atomic mass is 16.5. The highest BCUT2D eigenvalue weighted by Gasteiger charge is 2.47. The van der Waals surface area contributed by atoms with Gasteiger partial charge in [0.25, 0.3) is 5.91 Å². The number of ether oxygens (including phenoxy) is 1. The van der Waals surface area contributed by atoms with Crippen molar-refractivity contribution >= 4 is 5.91 Å². The third-order valence-electron chi connectivity index (χ3n) is 6.02. The first kappa shape index (κ1) is 17.0. The molecule has 1 fully saturated rings. The second-order valence-electron chi connectivity index (χ2n) is 7.54. The van der Waals surface area contributed by atoms with E-state index in [0.717, 1.165) is 25.0 Å². The van der Waals surface area contributed by atoms with Crippen LogP contribution in [0, 0.1) is 0 Å².